The van der Waals surface area contributed by atoms with Crippen molar-refractivity contribution in [2.75, 3.05) is 43.9 Å². The number of nitrogens with zero attached hydrogens (tertiary/aromatic N) is 1. The molecule has 2 aliphatic rings. The van der Waals surface area contributed by atoms with Crippen molar-refractivity contribution >= 4 is 11.4 Å². The topological polar surface area (TPSA) is 50.5 Å². The van der Waals surface area contributed by atoms with Gasteiger partial charge in [0.25, 0.3) is 0 Å². The fourth-order valence-electron chi connectivity index (χ4n) is 2.59. The monoisotopic (exact) mass is 219 g/mol. The first-order valence-electron chi connectivity index (χ1n) is 5.62. The van der Waals surface area contributed by atoms with Crippen LogP contribution in [0.3, 0.4) is 0 Å². The van der Waals surface area contributed by atoms with Gasteiger partial charge in [-0.2, -0.15) is 0 Å². The van der Waals surface area contributed by atoms with Gasteiger partial charge in [0.1, 0.15) is 5.75 Å². The van der Waals surface area contributed by atoms with E-state index in [1.165, 1.54) is 0 Å². The van der Waals surface area contributed by atoms with E-state index in [4.69, 9.17) is 10.5 Å². The maximum atomic E-state index is 5.74. The van der Waals surface area contributed by atoms with Crippen molar-refractivity contribution in [2.45, 2.75) is 0 Å². The molecular weight excluding hydrogens is 202 g/mol. The molecule has 0 bridgehead atoms. The van der Waals surface area contributed by atoms with E-state index in [9.17, 15) is 0 Å². The number of benzene rings is 1. The number of anilines is 2. The number of ether oxygens (including phenoxy) is 1. The smallest absolute Gasteiger partial charge is 0.144 e. The second kappa shape index (κ2) is 3.28. The molecule has 0 unspecified atom stereocenters. The van der Waals surface area contributed by atoms with Gasteiger partial charge in [-0.1, -0.05) is 0 Å². The summed E-state index contributed by atoms with van der Waals surface area (Å²) in [5.41, 5.74) is 8.19. The van der Waals surface area contributed by atoms with E-state index in [0.717, 1.165) is 43.3 Å². The first-order chi connectivity index (χ1) is 7.72. The summed E-state index contributed by atoms with van der Waals surface area (Å²) in [5.74, 6) is 0.877. The Labute approximate surface area is 95.4 Å². The van der Waals surface area contributed by atoms with Gasteiger partial charge in [-0.25, -0.2) is 0 Å². The lowest BCUT2D eigenvalue weighted by atomic mass is 9.74. The number of rotatable bonds is 2. The Morgan fingerprint density at radius 3 is 2.69 bits per heavy atom. The first-order valence-corrected chi connectivity index (χ1v) is 5.62. The van der Waals surface area contributed by atoms with Crippen LogP contribution in [0.5, 0.6) is 5.75 Å². The summed E-state index contributed by atoms with van der Waals surface area (Å²) in [5, 5.41) is 3.34. The van der Waals surface area contributed by atoms with Gasteiger partial charge in [0.2, 0.25) is 0 Å². The number of nitrogen functional groups attached to an aromatic ring is 1. The Bertz CT molecular complexity index is 407. The van der Waals surface area contributed by atoms with Crippen molar-refractivity contribution in [3.05, 3.63) is 18.2 Å². The molecule has 86 valence electrons. The third-order valence-electron chi connectivity index (χ3n) is 3.60. The summed E-state index contributed by atoms with van der Waals surface area (Å²) in [6, 6.07) is 5.87. The molecule has 0 atom stereocenters. The SMILES string of the molecule is COc1cc(N)ccc1N1CC2(CNC2)C1. The number of methoxy groups -OCH3 is 1. The maximum absolute atomic E-state index is 5.74. The van der Waals surface area contributed by atoms with Crippen LogP contribution in [-0.4, -0.2) is 33.3 Å². The van der Waals surface area contributed by atoms with Crippen LogP contribution in [-0.2, 0) is 0 Å². The average molecular weight is 219 g/mol. The Morgan fingerprint density at radius 1 is 1.38 bits per heavy atom. The molecule has 3 rings (SSSR count). The average Bonchev–Trinajstić information content (AvgIpc) is 2.15. The molecule has 1 aromatic carbocycles. The molecule has 16 heavy (non-hydrogen) atoms. The lowest BCUT2D eigenvalue weighted by Crippen LogP contribution is -2.71. The standard InChI is InChI=1S/C12H17N3O/c1-16-11-4-9(13)2-3-10(11)15-7-12(8-15)5-14-6-12/h2-4,14H,5-8,13H2,1H3. The molecule has 2 saturated heterocycles. The van der Waals surface area contributed by atoms with Crippen LogP contribution in [0, 0.1) is 5.41 Å². The molecular formula is C12H17N3O. The minimum Gasteiger partial charge on any atom is -0.495 e. The Kier molecular flexibility index (Phi) is 2.01. The van der Waals surface area contributed by atoms with Crippen LogP contribution in [0.15, 0.2) is 18.2 Å². The van der Waals surface area contributed by atoms with Gasteiger partial charge in [-0.05, 0) is 12.1 Å². The molecule has 3 N–H and O–H groups in total. The zero-order chi connectivity index (χ0) is 11.2. The van der Waals surface area contributed by atoms with Crippen molar-refractivity contribution in [1.82, 2.24) is 5.32 Å². The summed E-state index contributed by atoms with van der Waals surface area (Å²) in [6.45, 7) is 4.56. The molecule has 0 saturated carbocycles. The number of hydrogen-bond acceptors (Lipinski definition) is 4. The van der Waals surface area contributed by atoms with Gasteiger partial charge in [0.05, 0.1) is 12.8 Å². The van der Waals surface area contributed by atoms with Crippen molar-refractivity contribution in [2.24, 2.45) is 5.41 Å². The van der Waals surface area contributed by atoms with Crippen molar-refractivity contribution in [1.29, 1.82) is 0 Å². The van der Waals surface area contributed by atoms with Crippen LogP contribution in [0.2, 0.25) is 0 Å². The fraction of sp³-hybridized carbons (Fsp3) is 0.500. The van der Waals surface area contributed by atoms with Gasteiger partial charge in [0, 0.05) is 43.3 Å². The van der Waals surface area contributed by atoms with Gasteiger partial charge in [-0.15, -0.1) is 0 Å². The number of hydrogen-bond donors (Lipinski definition) is 2. The third kappa shape index (κ3) is 1.33. The molecule has 0 aliphatic carbocycles. The molecule has 1 spiro atoms. The lowest BCUT2D eigenvalue weighted by Gasteiger charge is -2.57. The van der Waals surface area contributed by atoms with E-state index in [0.29, 0.717) is 5.41 Å². The van der Waals surface area contributed by atoms with Crippen LogP contribution >= 0.6 is 0 Å². The predicted molar refractivity (Wildman–Crippen MR) is 64.9 cm³/mol. The minimum absolute atomic E-state index is 0.534. The molecule has 0 amide bonds. The first kappa shape index (κ1) is 9.78. The molecule has 0 radical (unpaired) electrons. The van der Waals surface area contributed by atoms with Crippen LogP contribution in [0.1, 0.15) is 0 Å². The van der Waals surface area contributed by atoms with Crippen molar-refractivity contribution in [3.63, 3.8) is 0 Å². The van der Waals surface area contributed by atoms with Gasteiger partial charge < -0.3 is 20.7 Å². The molecule has 1 aromatic rings. The fourth-order valence-corrected chi connectivity index (χ4v) is 2.59. The number of nitrogens with one attached hydrogen (secondary N) is 1. The van der Waals surface area contributed by atoms with E-state index in [2.05, 4.69) is 10.2 Å². The number of nitrogens with two attached hydrogens (primary N) is 1. The largest absolute Gasteiger partial charge is 0.495 e. The highest BCUT2D eigenvalue weighted by Gasteiger charge is 2.48. The molecule has 4 heteroatoms. The molecule has 2 fully saturated rings. The zero-order valence-electron chi connectivity index (χ0n) is 9.49. The van der Waals surface area contributed by atoms with Crippen molar-refractivity contribution < 1.29 is 4.74 Å². The molecule has 0 aromatic heterocycles. The van der Waals surface area contributed by atoms with E-state index in [-0.39, 0.29) is 0 Å². The van der Waals surface area contributed by atoms with Crippen LogP contribution in [0.4, 0.5) is 11.4 Å². The highest BCUT2D eigenvalue weighted by Crippen LogP contribution is 2.41. The molecule has 2 aliphatic heterocycles. The Morgan fingerprint density at radius 2 is 2.12 bits per heavy atom. The normalized spacial score (nSPS) is 21.4. The summed E-state index contributed by atoms with van der Waals surface area (Å²) in [6.07, 6.45) is 0. The van der Waals surface area contributed by atoms with E-state index in [1.807, 2.05) is 18.2 Å². The van der Waals surface area contributed by atoms with E-state index < -0.39 is 0 Å². The molecule has 2 heterocycles. The second-order valence-corrected chi connectivity index (χ2v) is 4.89. The highest BCUT2D eigenvalue weighted by molar-refractivity contribution is 5.65. The van der Waals surface area contributed by atoms with Crippen molar-refractivity contribution in [3.8, 4) is 5.75 Å². The minimum atomic E-state index is 0.534. The lowest BCUT2D eigenvalue weighted by molar-refractivity contribution is 0.120. The Hall–Kier alpha value is -1.42. The third-order valence-corrected chi connectivity index (χ3v) is 3.60. The van der Waals surface area contributed by atoms with Gasteiger partial charge >= 0.3 is 0 Å². The molecule has 4 nitrogen and oxygen atoms in total. The Balaban J connectivity index is 1.79. The zero-order valence-corrected chi connectivity index (χ0v) is 9.49. The van der Waals surface area contributed by atoms with Crippen LogP contribution in [0.25, 0.3) is 0 Å². The summed E-state index contributed by atoms with van der Waals surface area (Å²) < 4.78 is 5.37. The second-order valence-electron chi connectivity index (χ2n) is 4.89. The predicted octanol–water partition coefficient (Wildman–Crippen LogP) is 0.687. The summed E-state index contributed by atoms with van der Waals surface area (Å²) >= 11 is 0. The van der Waals surface area contributed by atoms with Crippen LogP contribution < -0.4 is 20.7 Å². The van der Waals surface area contributed by atoms with E-state index >= 15 is 0 Å². The quantitative estimate of drug-likeness (QED) is 0.718. The summed E-state index contributed by atoms with van der Waals surface area (Å²) in [7, 11) is 1.69. The summed E-state index contributed by atoms with van der Waals surface area (Å²) in [4.78, 5) is 2.36. The maximum Gasteiger partial charge on any atom is 0.144 e. The van der Waals surface area contributed by atoms with Gasteiger partial charge in [-0.3, -0.25) is 0 Å². The van der Waals surface area contributed by atoms with Gasteiger partial charge in [0.15, 0.2) is 0 Å². The highest BCUT2D eigenvalue weighted by atomic mass is 16.5. The van der Waals surface area contributed by atoms with E-state index in [1.54, 1.807) is 7.11 Å².